The quantitative estimate of drug-likeness (QED) is 0.758. The number of aryl methyl sites for hydroxylation is 1. The Bertz CT molecular complexity index is 724. The second-order valence-electron chi connectivity index (χ2n) is 5.65. The third-order valence-corrected chi connectivity index (χ3v) is 3.70. The van der Waals surface area contributed by atoms with Crippen LogP contribution in [0.1, 0.15) is 24.5 Å². The first-order valence-corrected chi connectivity index (χ1v) is 7.99. The van der Waals surface area contributed by atoms with Crippen LogP contribution in [0.4, 0.5) is 17.1 Å². The minimum absolute atomic E-state index is 0.0348. The predicted molar refractivity (Wildman–Crippen MR) is 98.4 cm³/mol. The highest BCUT2D eigenvalue weighted by atomic mass is 16.2. The van der Waals surface area contributed by atoms with Gasteiger partial charge in [-0.05, 0) is 43.7 Å². The SMILES string of the molecule is CCC(=O)Nc1cccc(NCC(=O)Nc2ccc(C)cc2)c1C. The Balaban J connectivity index is 1.96. The highest BCUT2D eigenvalue weighted by molar-refractivity contribution is 5.95. The van der Waals surface area contributed by atoms with E-state index in [9.17, 15) is 9.59 Å². The summed E-state index contributed by atoms with van der Waals surface area (Å²) in [6.45, 7) is 5.87. The lowest BCUT2D eigenvalue weighted by Crippen LogP contribution is -2.22. The molecular formula is C19H23N3O2. The van der Waals surface area contributed by atoms with Gasteiger partial charge in [-0.15, -0.1) is 0 Å². The fraction of sp³-hybridized carbons (Fsp3) is 0.263. The number of hydrogen-bond donors (Lipinski definition) is 3. The Hall–Kier alpha value is -2.82. The number of rotatable bonds is 6. The first-order chi connectivity index (χ1) is 11.5. The number of nitrogens with one attached hydrogen (secondary N) is 3. The lowest BCUT2D eigenvalue weighted by Gasteiger charge is -2.14. The van der Waals surface area contributed by atoms with Crippen molar-refractivity contribution < 1.29 is 9.59 Å². The van der Waals surface area contributed by atoms with Crippen molar-refractivity contribution in [3.8, 4) is 0 Å². The zero-order valence-electron chi connectivity index (χ0n) is 14.3. The van der Waals surface area contributed by atoms with Crippen molar-refractivity contribution in [3.05, 3.63) is 53.6 Å². The predicted octanol–water partition coefficient (Wildman–Crippen LogP) is 3.70. The number of anilines is 3. The number of carbonyl (C=O) groups excluding carboxylic acids is 2. The fourth-order valence-electron chi connectivity index (χ4n) is 2.22. The smallest absolute Gasteiger partial charge is 0.243 e. The zero-order valence-corrected chi connectivity index (χ0v) is 14.3. The van der Waals surface area contributed by atoms with Crippen molar-refractivity contribution in [1.82, 2.24) is 0 Å². The fourth-order valence-corrected chi connectivity index (χ4v) is 2.22. The van der Waals surface area contributed by atoms with E-state index in [0.29, 0.717) is 6.42 Å². The van der Waals surface area contributed by atoms with Gasteiger partial charge in [0.05, 0.1) is 6.54 Å². The summed E-state index contributed by atoms with van der Waals surface area (Å²) in [5, 5.41) is 8.81. The molecular weight excluding hydrogens is 302 g/mol. The van der Waals surface area contributed by atoms with Crippen molar-refractivity contribution in [1.29, 1.82) is 0 Å². The summed E-state index contributed by atoms with van der Waals surface area (Å²) in [5.74, 6) is -0.159. The van der Waals surface area contributed by atoms with E-state index in [0.717, 1.165) is 28.2 Å². The van der Waals surface area contributed by atoms with Gasteiger partial charge in [-0.25, -0.2) is 0 Å². The lowest BCUT2D eigenvalue weighted by molar-refractivity contribution is -0.116. The molecule has 0 aliphatic heterocycles. The maximum absolute atomic E-state index is 12.0. The molecule has 24 heavy (non-hydrogen) atoms. The van der Waals surface area contributed by atoms with Gasteiger partial charge in [0.1, 0.15) is 0 Å². The van der Waals surface area contributed by atoms with Gasteiger partial charge >= 0.3 is 0 Å². The van der Waals surface area contributed by atoms with Crippen molar-refractivity contribution in [2.45, 2.75) is 27.2 Å². The Morgan fingerprint density at radius 2 is 1.54 bits per heavy atom. The van der Waals surface area contributed by atoms with Crippen LogP contribution in [0, 0.1) is 13.8 Å². The molecule has 2 aromatic rings. The standard InChI is InChI=1S/C19H23N3O2/c1-4-18(23)22-17-7-5-6-16(14(17)3)20-12-19(24)21-15-10-8-13(2)9-11-15/h5-11,20H,4,12H2,1-3H3,(H,21,24)(H,22,23). The molecule has 0 saturated carbocycles. The molecule has 2 aromatic carbocycles. The van der Waals surface area contributed by atoms with Crippen LogP contribution in [-0.2, 0) is 9.59 Å². The summed E-state index contributed by atoms with van der Waals surface area (Å²) >= 11 is 0. The van der Waals surface area contributed by atoms with Crippen molar-refractivity contribution in [3.63, 3.8) is 0 Å². The van der Waals surface area contributed by atoms with E-state index in [-0.39, 0.29) is 18.4 Å². The molecule has 0 heterocycles. The molecule has 2 amide bonds. The monoisotopic (exact) mass is 325 g/mol. The van der Waals surface area contributed by atoms with E-state index in [4.69, 9.17) is 0 Å². The maximum atomic E-state index is 12.0. The summed E-state index contributed by atoms with van der Waals surface area (Å²) in [5.41, 5.74) is 4.40. The van der Waals surface area contributed by atoms with Gasteiger partial charge in [0.2, 0.25) is 11.8 Å². The summed E-state index contributed by atoms with van der Waals surface area (Å²) in [6.07, 6.45) is 0.427. The number of benzene rings is 2. The molecule has 0 unspecified atom stereocenters. The molecule has 0 fully saturated rings. The second kappa shape index (κ2) is 8.15. The molecule has 0 aliphatic carbocycles. The van der Waals surface area contributed by atoms with E-state index in [1.165, 1.54) is 0 Å². The molecule has 0 aromatic heterocycles. The van der Waals surface area contributed by atoms with Gasteiger partial charge in [0, 0.05) is 23.5 Å². The zero-order chi connectivity index (χ0) is 17.5. The van der Waals surface area contributed by atoms with Crippen LogP contribution in [0.5, 0.6) is 0 Å². The highest BCUT2D eigenvalue weighted by Gasteiger charge is 2.08. The average molecular weight is 325 g/mol. The van der Waals surface area contributed by atoms with Crippen LogP contribution >= 0.6 is 0 Å². The topological polar surface area (TPSA) is 70.2 Å². The first kappa shape index (κ1) is 17.5. The number of hydrogen-bond acceptors (Lipinski definition) is 3. The number of carbonyl (C=O) groups is 2. The molecule has 126 valence electrons. The van der Waals surface area contributed by atoms with E-state index in [1.54, 1.807) is 0 Å². The van der Waals surface area contributed by atoms with Gasteiger partial charge in [0.25, 0.3) is 0 Å². The molecule has 0 spiro atoms. The summed E-state index contributed by atoms with van der Waals surface area (Å²) in [6, 6.07) is 13.2. The third kappa shape index (κ3) is 4.84. The highest BCUT2D eigenvalue weighted by Crippen LogP contribution is 2.23. The molecule has 3 N–H and O–H groups in total. The molecule has 0 saturated heterocycles. The third-order valence-electron chi connectivity index (χ3n) is 3.70. The van der Waals surface area contributed by atoms with E-state index < -0.39 is 0 Å². The largest absolute Gasteiger partial charge is 0.376 e. The van der Waals surface area contributed by atoms with Crippen molar-refractivity contribution in [2.24, 2.45) is 0 Å². The average Bonchev–Trinajstić information content (AvgIpc) is 2.57. The van der Waals surface area contributed by atoms with Crippen LogP contribution < -0.4 is 16.0 Å². The van der Waals surface area contributed by atoms with Gasteiger partial charge < -0.3 is 16.0 Å². The molecule has 0 bridgehead atoms. The van der Waals surface area contributed by atoms with Gasteiger partial charge in [0.15, 0.2) is 0 Å². The van der Waals surface area contributed by atoms with Crippen LogP contribution in [0.15, 0.2) is 42.5 Å². The van der Waals surface area contributed by atoms with Crippen LogP contribution in [0.25, 0.3) is 0 Å². The molecule has 2 rings (SSSR count). The van der Waals surface area contributed by atoms with Gasteiger partial charge in [-0.3, -0.25) is 9.59 Å². The van der Waals surface area contributed by atoms with E-state index in [1.807, 2.05) is 63.2 Å². The minimum Gasteiger partial charge on any atom is -0.376 e. The van der Waals surface area contributed by atoms with Gasteiger partial charge in [-0.1, -0.05) is 30.7 Å². The Morgan fingerprint density at radius 1 is 0.875 bits per heavy atom. The Labute approximate surface area is 142 Å². The molecule has 0 radical (unpaired) electrons. The van der Waals surface area contributed by atoms with E-state index in [2.05, 4.69) is 16.0 Å². The summed E-state index contributed by atoms with van der Waals surface area (Å²) < 4.78 is 0. The normalized spacial score (nSPS) is 10.1. The molecule has 0 aliphatic rings. The van der Waals surface area contributed by atoms with Crippen LogP contribution in [-0.4, -0.2) is 18.4 Å². The molecule has 5 nitrogen and oxygen atoms in total. The first-order valence-electron chi connectivity index (χ1n) is 7.99. The Morgan fingerprint density at radius 3 is 2.21 bits per heavy atom. The Kier molecular flexibility index (Phi) is 5.95. The van der Waals surface area contributed by atoms with Crippen LogP contribution in [0.3, 0.4) is 0 Å². The van der Waals surface area contributed by atoms with Gasteiger partial charge in [-0.2, -0.15) is 0 Å². The van der Waals surface area contributed by atoms with Crippen LogP contribution in [0.2, 0.25) is 0 Å². The summed E-state index contributed by atoms with van der Waals surface area (Å²) in [4.78, 5) is 23.6. The maximum Gasteiger partial charge on any atom is 0.243 e. The second-order valence-corrected chi connectivity index (χ2v) is 5.65. The minimum atomic E-state index is -0.124. The summed E-state index contributed by atoms with van der Waals surface area (Å²) in [7, 11) is 0. The molecule has 5 heteroatoms. The van der Waals surface area contributed by atoms with Crippen molar-refractivity contribution >= 4 is 28.9 Å². The van der Waals surface area contributed by atoms with Crippen molar-refractivity contribution in [2.75, 3.05) is 22.5 Å². The lowest BCUT2D eigenvalue weighted by atomic mass is 10.1. The van der Waals surface area contributed by atoms with E-state index >= 15 is 0 Å². The molecule has 0 atom stereocenters. The number of amides is 2.